The van der Waals surface area contributed by atoms with Gasteiger partial charge < -0.3 is 19.9 Å². The van der Waals surface area contributed by atoms with Crippen LogP contribution in [0.15, 0.2) is 0 Å². The highest BCUT2D eigenvalue weighted by Crippen LogP contribution is 2.32. The summed E-state index contributed by atoms with van der Waals surface area (Å²) in [6.45, 7) is 1.48. The van der Waals surface area contributed by atoms with Gasteiger partial charge in [-0.1, -0.05) is 0 Å². The number of aliphatic hydroxyl groups is 1. The summed E-state index contributed by atoms with van der Waals surface area (Å²) in [7, 11) is 1.40. The zero-order chi connectivity index (χ0) is 11.1. The Morgan fingerprint density at radius 2 is 2.27 bits per heavy atom. The van der Waals surface area contributed by atoms with Crippen molar-refractivity contribution in [2.45, 2.75) is 18.9 Å². The van der Waals surface area contributed by atoms with E-state index in [0.717, 1.165) is 12.8 Å². The lowest BCUT2D eigenvalue weighted by molar-refractivity contribution is -0.143. The average molecular weight is 217 g/mol. The number of nitrogens with one attached hydrogen (secondary N) is 1. The van der Waals surface area contributed by atoms with Crippen LogP contribution in [0, 0.1) is 5.92 Å². The Hall–Kier alpha value is -0.650. The molecule has 5 nitrogen and oxygen atoms in total. The summed E-state index contributed by atoms with van der Waals surface area (Å²) in [6, 6.07) is -0.187. The number of hydrogen-bond acceptors (Lipinski definition) is 5. The fraction of sp³-hybridized carbons (Fsp3) is 0.900. The Morgan fingerprint density at radius 1 is 1.53 bits per heavy atom. The van der Waals surface area contributed by atoms with Gasteiger partial charge in [-0.25, -0.2) is 0 Å². The summed E-state index contributed by atoms with van der Waals surface area (Å²) in [5.74, 6) is 0.231. The molecule has 0 spiro atoms. The molecule has 1 unspecified atom stereocenters. The largest absolute Gasteiger partial charge is 0.468 e. The highest BCUT2D eigenvalue weighted by Gasteiger charge is 2.36. The van der Waals surface area contributed by atoms with Gasteiger partial charge >= 0.3 is 5.97 Å². The maximum Gasteiger partial charge on any atom is 0.323 e. The average Bonchev–Trinajstić information content (AvgIpc) is 3.06. The van der Waals surface area contributed by atoms with Crippen LogP contribution in [-0.4, -0.2) is 50.6 Å². The second-order valence-electron chi connectivity index (χ2n) is 3.63. The summed E-state index contributed by atoms with van der Waals surface area (Å²) >= 11 is 0. The monoisotopic (exact) mass is 217 g/mol. The first kappa shape index (κ1) is 12.4. The molecule has 2 N–H and O–H groups in total. The molecule has 0 amide bonds. The Labute approximate surface area is 89.8 Å². The predicted octanol–water partition coefficient (Wildman–Crippen LogP) is -0.463. The summed E-state index contributed by atoms with van der Waals surface area (Å²) < 4.78 is 9.79. The van der Waals surface area contributed by atoms with E-state index in [1.54, 1.807) is 0 Å². The molecule has 0 radical (unpaired) electrons. The Balaban J connectivity index is 2.12. The molecule has 1 aliphatic carbocycles. The lowest BCUT2D eigenvalue weighted by Gasteiger charge is -2.15. The van der Waals surface area contributed by atoms with Gasteiger partial charge in [0.2, 0.25) is 0 Å². The van der Waals surface area contributed by atoms with E-state index in [9.17, 15) is 4.79 Å². The molecule has 15 heavy (non-hydrogen) atoms. The lowest BCUT2D eigenvalue weighted by atomic mass is 10.2. The Kier molecular flexibility index (Phi) is 5.60. The van der Waals surface area contributed by atoms with Crippen LogP contribution in [0.1, 0.15) is 12.8 Å². The summed E-state index contributed by atoms with van der Waals surface area (Å²) in [6.07, 6.45) is 2.18. The van der Waals surface area contributed by atoms with Gasteiger partial charge in [0.15, 0.2) is 0 Å². The molecule has 0 heterocycles. The third-order valence-corrected chi connectivity index (χ3v) is 2.39. The Morgan fingerprint density at radius 3 is 2.80 bits per heavy atom. The van der Waals surface area contributed by atoms with Gasteiger partial charge in [0, 0.05) is 6.54 Å². The lowest BCUT2D eigenvalue weighted by Crippen LogP contribution is -2.41. The highest BCUT2D eigenvalue weighted by atomic mass is 16.5. The van der Waals surface area contributed by atoms with Crippen molar-refractivity contribution in [2.75, 3.05) is 33.5 Å². The molecule has 0 aromatic carbocycles. The second-order valence-corrected chi connectivity index (χ2v) is 3.63. The maximum atomic E-state index is 11.3. The molecule has 1 rings (SSSR count). The van der Waals surface area contributed by atoms with Gasteiger partial charge in [0.1, 0.15) is 6.04 Å². The first-order chi connectivity index (χ1) is 7.29. The molecule has 0 aromatic heterocycles. The van der Waals surface area contributed by atoms with Crippen LogP contribution in [0.2, 0.25) is 0 Å². The van der Waals surface area contributed by atoms with E-state index in [0.29, 0.717) is 25.7 Å². The van der Waals surface area contributed by atoms with Crippen molar-refractivity contribution < 1.29 is 19.4 Å². The first-order valence-corrected chi connectivity index (χ1v) is 5.29. The number of rotatable bonds is 8. The molecule has 0 aromatic rings. The zero-order valence-electron chi connectivity index (χ0n) is 9.07. The van der Waals surface area contributed by atoms with Crippen molar-refractivity contribution in [3.05, 3.63) is 0 Å². The molecular formula is C10H19NO4. The SMILES string of the molecule is COC(=O)C(NCCOCCO)C1CC1. The molecule has 0 aliphatic heterocycles. The van der Waals surface area contributed by atoms with Crippen LogP contribution in [0.5, 0.6) is 0 Å². The fourth-order valence-corrected chi connectivity index (χ4v) is 1.45. The highest BCUT2D eigenvalue weighted by molar-refractivity contribution is 5.76. The van der Waals surface area contributed by atoms with E-state index >= 15 is 0 Å². The minimum atomic E-state index is -0.195. The van der Waals surface area contributed by atoms with Crippen LogP contribution in [0.4, 0.5) is 0 Å². The van der Waals surface area contributed by atoms with Crippen molar-refractivity contribution in [2.24, 2.45) is 5.92 Å². The molecule has 1 atom stereocenters. The van der Waals surface area contributed by atoms with E-state index in [1.807, 2.05) is 0 Å². The predicted molar refractivity (Wildman–Crippen MR) is 54.4 cm³/mol. The molecule has 1 saturated carbocycles. The van der Waals surface area contributed by atoms with Gasteiger partial charge in [-0.2, -0.15) is 0 Å². The van der Waals surface area contributed by atoms with E-state index in [2.05, 4.69) is 5.32 Å². The van der Waals surface area contributed by atoms with Crippen LogP contribution >= 0.6 is 0 Å². The van der Waals surface area contributed by atoms with Crippen LogP contribution < -0.4 is 5.32 Å². The number of ether oxygens (including phenoxy) is 2. The van der Waals surface area contributed by atoms with Crippen molar-refractivity contribution in [1.29, 1.82) is 0 Å². The van der Waals surface area contributed by atoms with E-state index in [1.165, 1.54) is 7.11 Å². The molecule has 5 heteroatoms. The topological polar surface area (TPSA) is 67.8 Å². The number of hydrogen-bond donors (Lipinski definition) is 2. The van der Waals surface area contributed by atoms with Crippen molar-refractivity contribution in [1.82, 2.24) is 5.32 Å². The third-order valence-electron chi connectivity index (χ3n) is 2.39. The minimum absolute atomic E-state index is 0.0308. The van der Waals surface area contributed by atoms with Crippen molar-refractivity contribution in [3.63, 3.8) is 0 Å². The first-order valence-electron chi connectivity index (χ1n) is 5.29. The van der Waals surface area contributed by atoms with E-state index < -0.39 is 0 Å². The molecule has 1 fully saturated rings. The number of carbonyl (C=O) groups is 1. The normalized spacial score (nSPS) is 17.5. The van der Waals surface area contributed by atoms with Crippen LogP contribution in [0.3, 0.4) is 0 Å². The van der Waals surface area contributed by atoms with Gasteiger partial charge in [0.05, 0.1) is 26.9 Å². The van der Waals surface area contributed by atoms with Crippen molar-refractivity contribution in [3.8, 4) is 0 Å². The van der Waals surface area contributed by atoms with Gasteiger partial charge in [-0.3, -0.25) is 4.79 Å². The quantitative estimate of drug-likeness (QED) is 0.425. The molecular weight excluding hydrogens is 198 g/mol. The minimum Gasteiger partial charge on any atom is -0.468 e. The summed E-state index contributed by atoms with van der Waals surface area (Å²) in [5.41, 5.74) is 0. The molecule has 0 bridgehead atoms. The van der Waals surface area contributed by atoms with Crippen LogP contribution in [-0.2, 0) is 14.3 Å². The maximum absolute atomic E-state index is 11.3. The standard InChI is InChI=1S/C10H19NO4/c1-14-10(13)9(8-2-3-8)11-4-6-15-7-5-12/h8-9,11-12H,2-7H2,1H3. The van der Waals surface area contributed by atoms with Gasteiger partial charge in [-0.15, -0.1) is 0 Å². The summed E-state index contributed by atoms with van der Waals surface area (Å²) in [5, 5.41) is 11.6. The molecule has 1 aliphatic rings. The zero-order valence-corrected chi connectivity index (χ0v) is 9.07. The van der Waals surface area contributed by atoms with Gasteiger partial charge in [0.25, 0.3) is 0 Å². The Bertz CT molecular complexity index is 194. The smallest absolute Gasteiger partial charge is 0.323 e. The number of aliphatic hydroxyl groups excluding tert-OH is 1. The molecule has 0 saturated heterocycles. The fourth-order valence-electron chi connectivity index (χ4n) is 1.45. The van der Waals surface area contributed by atoms with Gasteiger partial charge in [-0.05, 0) is 18.8 Å². The van der Waals surface area contributed by atoms with Crippen molar-refractivity contribution >= 4 is 5.97 Å². The number of carbonyl (C=O) groups excluding carboxylic acids is 1. The number of esters is 1. The molecule has 88 valence electrons. The van der Waals surface area contributed by atoms with E-state index in [4.69, 9.17) is 14.6 Å². The second kappa shape index (κ2) is 6.76. The summed E-state index contributed by atoms with van der Waals surface area (Å²) in [4.78, 5) is 11.3. The number of methoxy groups -OCH3 is 1. The van der Waals surface area contributed by atoms with E-state index in [-0.39, 0.29) is 18.6 Å². The third kappa shape index (κ3) is 4.59. The van der Waals surface area contributed by atoms with Crippen LogP contribution in [0.25, 0.3) is 0 Å².